The van der Waals surface area contributed by atoms with Gasteiger partial charge < -0.3 is 4.98 Å². The Kier molecular flexibility index (Phi) is 4.00. The van der Waals surface area contributed by atoms with Gasteiger partial charge in [-0.05, 0) is 48.2 Å². The molecule has 4 nitrogen and oxygen atoms in total. The maximum atomic E-state index is 12.4. The first kappa shape index (κ1) is 17.1. The fraction of sp³-hybridized carbons (Fsp3) is 0.0455. The van der Waals surface area contributed by atoms with E-state index >= 15 is 0 Å². The third kappa shape index (κ3) is 2.89. The van der Waals surface area contributed by atoms with Crippen LogP contribution in [0.5, 0.6) is 0 Å². The molecule has 4 aromatic heterocycles. The molecule has 0 unspecified atom stereocenters. The standard InChI is InChI=1S/C22H14ClN3OS/c1-12-8-14(10-20(23)25-12)15-11-16-17(27)6-7-24-22(16)26-21(15)19-9-13-4-2-3-5-18(13)28-19/h2-11H,1H3,(H,24,26,27). The monoisotopic (exact) mass is 403 g/mol. The molecule has 0 aliphatic heterocycles. The van der Waals surface area contributed by atoms with E-state index in [0.29, 0.717) is 16.2 Å². The SMILES string of the molecule is Cc1cc(-c2cc3c(=O)cc[nH]c3nc2-c2cc3ccccc3s2)cc(Cl)n1. The lowest BCUT2D eigenvalue weighted by atomic mass is 10.0. The minimum absolute atomic E-state index is 0.0673. The van der Waals surface area contributed by atoms with Crippen LogP contribution in [0.2, 0.25) is 5.15 Å². The molecule has 1 aromatic carbocycles. The zero-order chi connectivity index (χ0) is 19.3. The number of rotatable bonds is 2. The molecular weight excluding hydrogens is 390 g/mol. The molecule has 0 atom stereocenters. The van der Waals surface area contributed by atoms with Gasteiger partial charge in [-0.1, -0.05) is 29.8 Å². The van der Waals surface area contributed by atoms with E-state index in [1.807, 2.05) is 37.3 Å². The van der Waals surface area contributed by atoms with Gasteiger partial charge >= 0.3 is 0 Å². The van der Waals surface area contributed by atoms with Gasteiger partial charge in [0.2, 0.25) is 0 Å². The van der Waals surface area contributed by atoms with Crippen molar-refractivity contribution in [2.45, 2.75) is 6.92 Å². The number of aryl methyl sites for hydroxylation is 1. The molecule has 6 heteroatoms. The highest BCUT2D eigenvalue weighted by molar-refractivity contribution is 7.22. The number of nitrogens with one attached hydrogen (secondary N) is 1. The number of nitrogens with zero attached hydrogens (tertiary/aromatic N) is 2. The van der Waals surface area contributed by atoms with Crippen molar-refractivity contribution < 1.29 is 0 Å². The fourth-order valence-corrected chi connectivity index (χ4v) is 4.70. The van der Waals surface area contributed by atoms with Gasteiger partial charge in [0.15, 0.2) is 5.43 Å². The summed E-state index contributed by atoms with van der Waals surface area (Å²) >= 11 is 7.89. The molecule has 5 rings (SSSR count). The Morgan fingerprint density at radius 3 is 2.71 bits per heavy atom. The summed E-state index contributed by atoms with van der Waals surface area (Å²) in [6.07, 6.45) is 1.62. The topological polar surface area (TPSA) is 58.6 Å². The summed E-state index contributed by atoms with van der Waals surface area (Å²) in [5.74, 6) is 0. The van der Waals surface area contributed by atoms with Gasteiger partial charge in [0.05, 0.1) is 16.0 Å². The van der Waals surface area contributed by atoms with E-state index < -0.39 is 0 Å². The van der Waals surface area contributed by atoms with Crippen LogP contribution in [0.15, 0.2) is 65.6 Å². The first-order chi connectivity index (χ1) is 13.6. The van der Waals surface area contributed by atoms with Crippen LogP contribution in [0, 0.1) is 6.92 Å². The molecule has 136 valence electrons. The van der Waals surface area contributed by atoms with Crippen molar-refractivity contribution in [1.29, 1.82) is 0 Å². The molecule has 0 aliphatic rings. The number of hydrogen-bond donors (Lipinski definition) is 1. The van der Waals surface area contributed by atoms with Crippen molar-refractivity contribution in [3.05, 3.63) is 81.9 Å². The van der Waals surface area contributed by atoms with E-state index in [1.165, 1.54) is 16.2 Å². The summed E-state index contributed by atoms with van der Waals surface area (Å²) in [5, 5.41) is 2.13. The van der Waals surface area contributed by atoms with Crippen LogP contribution < -0.4 is 5.43 Å². The van der Waals surface area contributed by atoms with Gasteiger partial charge in [-0.15, -0.1) is 11.3 Å². The van der Waals surface area contributed by atoms with Crippen molar-refractivity contribution in [2.75, 3.05) is 0 Å². The highest BCUT2D eigenvalue weighted by Crippen LogP contribution is 2.39. The molecule has 0 bridgehead atoms. The Morgan fingerprint density at radius 1 is 1.04 bits per heavy atom. The minimum Gasteiger partial charge on any atom is -0.346 e. The predicted octanol–water partition coefficient (Wildman–Crippen LogP) is 5.83. The lowest BCUT2D eigenvalue weighted by Gasteiger charge is -2.10. The zero-order valence-corrected chi connectivity index (χ0v) is 16.4. The summed E-state index contributed by atoms with van der Waals surface area (Å²) in [7, 11) is 0. The van der Waals surface area contributed by atoms with Gasteiger partial charge in [0.1, 0.15) is 10.8 Å². The first-order valence-electron chi connectivity index (χ1n) is 8.74. The molecule has 0 radical (unpaired) electrons. The van der Waals surface area contributed by atoms with Crippen molar-refractivity contribution in [1.82, 2.24) is 15.0 Å². The van der Waals surface area contributed by atoms with Crippen LogP contribution in [-0.2, 0) is 0 Å². The van der Waals surface area contributed by atoms with Crippen molar-refractivity contribution >= 4 is 44.1 Å². The summed E-state index contributed by atoms with van der Waals surface area (Å²) in [6, 6.07) is 17.6. The van der Waals surface area contributed by atoms with E-state index in [-0.39, 0.29) is 5.43 Å². The van der Waals surface area contributed by atoms with Crippen LogP contribution in [0.1, 0.15) is 5.69 Å². The number of pyridine rings is 3. The predicted molar refractivity (Wildman–Crippen MR) is 116 cm³/mol. The van der Waals surface area contributed by atoms with Gasteiger partial charge in [0.25, 0.3) is 0 Å². The molecule has 5 aromatic rings. The lowest BCUT2D eigenvalue weighted by Crippen LogP contribution is -2.03. The number of benzene rings is 1. The van der Waals surface area contributed by atoms with Crippen LogP contribution in [0.4, 0.5) is 0 Å². The number of fused-ring (bicyclic) bond motifs is 2. The number of halogens is 1. The van der Waals surface area contributed by atoms with E-state index in [0.717, 1.165) is 27.4 Å². The molecule has 28 heavy (non-hydrogen) atoms. The number of H-pyrrole nitrogens is 1. The Labute approximate surface area is 169 Å². The van der Waals surface area contributed by atoms with Crippen molar-refractivity contribution in [3.63, 3.8) is 0 Å². The molecule has 4 heterocycles. The molecule has 0 amide bonds. The van der Waals surface area contributed by atoms with E-state index in [2.05, 4.69) is 28.2 Å². The van der Waals surface area contributed by atoms with Crippen LogP contribution >= 0.6 is 22.9 Å². The number of aromatic nitrogens is 3. The second kappa shape index (κ2) is 6.55. The normalized spacial score (nSPS) is 11.4. The average molecular weight is 404 g/mol. The fourth-order valence-electron chi connectivity index (χ4n) is 3.39. The van der Waals surface area contributed by atoms with Gasteiger partial charge in [-0.25, -0.2) is 9.97 Å². The molecule has 1 N–H and O–H groups in total. The summed E-state index contributed by atoms with van der Waals surface area (Å²) in [6.45, 7) is 1.90. The van der Waals surface area contributed by atoms with E-state index in [9.17, 15) is 4.79 Å². The summed E-state index contributed by atoms with van der Waals surface area (Å²) in [4.78, 5) is 25.6. The second-order valence-electron chi connectivity index (χ2n) is 6.59. The highest BCUT2D eigenvalue weighted by atomic mass is 35.5. The highest BCUT2D eigenvalue weighted by Gasteiger charge is 2.16. The molecule has 0 aliphatic carbocycles. The average Bonchev–Trinajstić information content (AvgIpc) is 3.11. The third-order valence-electron chi connectivity index (χ3n) is 4.63. The van der Waals surface area contributed by atoms with Gasteiger partial charge in [-0.3, -0.25) is 4.79 Å². The Hall–Kier alpha value is -3.02. The van der Waals surface area contributed by atoms with Crippen molar-refractivity contribution in [3.8, 4) is 21.7 Å². The summed E-state index contributed by atoms with van der Waals surface area (Å²) in [5.41, 5.74) is 3.89. The molecular formula is C22H14ClN3OS. The second-order valence-corrected chi connectivity index (χ2v) is 8.06. The Bertz CT molecular complexity index is 1370. The largest absolute Gasteiger partial charge is 0.346 e. The molecule has 0 saturated heterocycles. The summed E-state index contributed by atoms with van der Waals surface area (Å²) < 4.78 is 1.19. The number of thiophene rings is 1. The van der Waals surface area contributed by atoms with Gasteiger partial charge in [0, 0.05) is 28.2 Å². The third-order valence-corrected chi connectivity index (χ3v) is 5.95. The number of aromatic amines is 1. The molecule has 0 fully saturated rings. The smallest absolute Gasteiger partial charge is 0.191 e. The maximum Gasteiger partial charge on any atom is 0.191 e. The lowest BCUT2D eigenvalue weighted by molar-refractivity contribution is 1.20. The zero-order valence-electron chi connectivity index (χ0n) is 14.9. The van der Waals surface area contributed by atoms with Gasteiger partial charge in [-0.2, -0.15) is 0 Å². The Balaban J connectivity index is 1.87. The van der Waals surface area contributed by atoms with E-state index in [4.69, 9.17) is 16.6 Å². The molecule has 0 saturated carbocycles. The number of hydrogen-bond acceptors (Lipinski definition) is 4. The molecule has 0 spiro atoms. The van der Waals surface area contributed by atoms with Crippen LogP contribution in [0.25, 0.3) is 42.8 Å². The first-order valence-corrected chi connectivity index (χ1v) is 9.94. The quantitative estimate of drug-likeness (QED) is 0.377. The van der Waals surface area contributed by atoms with Crippen LogP contribution in [-0.4, -0.2) is 15.0 Å². The Morgan fingerprint density at radius 2 is 1.89 bits per heavy atom. The maximum absolute atomic E-state index is 12.4. The van der Waals surface area contributed by atoms with E-state index in [1.54, 1.807) is 17.5 Å². The van der Waals surface area contributed by atoms with Crippen LogP contribution in [0.3, 0.4) is 0 Å². The minimum atomic E-state index is -0.0673. The van der Waals surface area contributed by atoms with Crippen molar-refractivity contribution in [2.24, 2.45) is 0 Å².